The first-order valence-corrected chi connectivity index (χ1v) is 9.40. The van der Waals surface area contributed by atoms with Crippen molar-refractivity contribution < 1.29 is 4.57 Å². The van der Waals surface area contributed by atoms with Crippen LogP contribution in [0.15, 0.2) is 48.5 Å². The van der Waals surface area contributed by atoms with E-state index in [-0.39, 0.29) is 0 Å². The molecule has 0 radical (unpaired) electrons. The molecule has 2 aromatic rings. The van der Waals surface area contributed by atoms with E-state index in [0.29, 0.717) is 18.1 Å². The third kappa shape index (κ3) is 4.34. The van der Waals surface area contributed by atoms with Crippen LogP contribution in [0.25, 0.3) is 11.1 Å². The first kappa shape index (κ1) is 17.0. The van der Waals surface area contributed by atoms with Gasteiger partial charge in [-0.25, -0.2) is 10.2 Å². The van der Waals surface area contributed by atoms with Gasteiger partial charge in [-0.3, -0.25) is 4.57 Å². The molecule has 0 aliphatic heterocycles. The fourth-order valence-electron chi connectivity index (χ4n) is 2.20. The smallest absolute Gasteiger partial charge is 0.303 e. The molecule has 118 valence electrons. The Morgan fingerprint density at radius 1 is 1.00 bits per heavy atom. The maximum Gasteiger partial charge on any atom is 0.303 e. The van der Waals surface area contributed by atoms with E-state index in [0.717, 1.165) is 16.8 Å². The van der Waals surface area contributed by atoms with E-state index in [4.69, 9.17) is 11.6 Å². The predicted molar refractivity (Wildman–Crippen MR) is 95.5 cm³/mol. The second-order valence-electron chi connectivity index (χ2n) is 4.81. The lowest BCUT2D eigenvalue weighted by atomic mass is 10.1. The molecule has 2 rings (SSSR count). The molecule has 0 saturated heterocycles. The van der Waals surface area contributed by atoms with E-state index in [1.54, 1.807) is 6.07 Å². The molecule has 0 heterocycles. The Hall–Kier alpha value is -1.32. The number of benzene rings is 2. The summed E-state index contributed by atoms with van der Waals surface area (Å²) in [5, 5.41) is 9.58. The summed E-state index contributed by atoms with van der Waals surface area (Å²) < 4.78 is 12.7. The Morgan fingerprint density at radius 3 is 2.18 bits per heavy atom. The van der Waals surface area contributed by atoms with Gasteiger partial charge >= 0.3 is 7.59 Å². The largest absolute Gasteiger partial charge is 0.313 e. The van der Waals surface area contributed by atoms with Crippen molar-refractivity contribution in [3.8, 4) is 11.1 Å². The van der Waals surface area contributed by atoms with Crippen molar-refractivity contribution in [3.05, 3.63) is 53.6 Å². The maximum absolute atomic E-state index is 12.7. The maximum atomic E-state index is 12.7. The molecule has 4 nitrogen and oxygen atoms in total. The highest BCUT2D eigenvalue weighted by Gasteiger charge is 2.19. The van der Waals surface area contributed by atoms with Crippen LogP contribution in [0.1, 0.15) is 13.8 Å². The van der Waals surface area contributed by atoms with Gasteiger partial charge in [0.2, 0.25) is 0 Å². The van der Waals surface area contributed by atoms with Crippen LogP contribution in [0.2, 0.25) is 5.02 Å². The summed E-state index contributed by atoms with van der Waals surface area (Å²) in [5.74, 6) is 0. The Bertz CT molecular complexity index is 654. The highest BCUT2D eigenvalue weighted by atomic mass is 35.5. The van der Waals surface area contributed by atoms with Gasteiger partial charge < -0.3 is 5.09 Å². The van der Waals surface area contributed by atoms with E-state index in [2.05, 4.69) is 15.3 Å². The van der Waals surface area contributed by atoms with Crippen molar-refractivity contribution in [2.24, 2.45) is 0 Å². The molecule has 0 unspecified atom stereocenters. The van der Waals surface area contributed by atoms with Gasteiger partial charge in [0.05, 0.1) is 5.02 Å². The second kappa shape index (κ2) is 7.80. The van der Waals surface area contributed by atoms with Gasteiger partial charge in [-0.1, -0.05) is 61.8 Å². The van der Waals surface area contributed by atoms with Gasteiger partial charge in [0.15, 0.2) is 0 Å². The van der Waals surface area contributed by atoms with Crippen LogP contribution < -0.4 is 15.3 Å². The molecular formula is C16H21ClN3OP. The summed E-state index contributed by atoms with van der Waals surface area (Å²) >= 11 is 6.38. The van der Waals surface area contributed by atoms with Gasteiger partial charge in [-0.05, 0) is 17.7 Å². The zero-order valence-electron chi connectivity index (χ0n) is 12.8. The molecule has 0 fully saturated rings. The molecule has 0 amide bonds. The van der Waals surface area contributed by atoms with E-state index < -0.39 is 7.59 Å². The topological polar surface area (TPSA) is 53.2 Å². The van der Waals surface area contributed by atoms with Crippen molar-refractivity contribution in [1.29, 1.82) is 0 Å². The van der Waals surface area contributed by atoms with Crippen LogP contribution in [0.5, 0.6) is 0 Å². The van der Waals surface area contributed by atoms with Crippen LogP contribution in [0.4, 0.5) is 5.69 Å². The molecule has 3 N–H and O–H groups in total. The molecule has 2 aromatic carbocycles. The number of halogens is 1. The third-order valence-corrected chi connectivity index (χ3v) is 5.51. The highest BCUT2D eigenvalue weighted by molar-refractivity contribution is 7.61. The summed E-state index contributed by atoms with van der Waals surface area (Å²) in [5.41, 5.74) is 2.73. The number of hydrogen-bond donors (Lipinski definition) is 3. The molecule has 22 heavy (non-hydrogen) atoms. The van der Waals surface area contributed by atoms with Crippen LogP contribution in [-0.4, -0.2) is 13.1 Å². The van der Waals surface area contributed by atoms with Crippen LogP contribution in [0.3, 0.4) is 0 Å². The predicted octanol–water partition coefficient (Wildman–Crippen LogP) is 4.75. The number of hydrogen-bond acceptors (Lipinski definition) is 1. The summed E-state index contributed by atoms with van der Waals surface area (Å²) in [6.07, 6.45) is 0. The van der Waals surface area contributed by atoms with Crippen molar-refractivity contribution >= 4 is 24.9 Å². The fraction of sp³-hybridized carbons (Fsp3) is 0.250. The fourth-order valence-corrected chi connectivity index (χ4v) is 4.15. The highest BCUT2D eigenvalue weighted by Crippen LogP contribution is 2.38. The minimum Gasteiger partial charge on any atom is -0.313 e. The summed E-state index contributed by atoms with van der Waals surface area (Å²) in [6.45, 7) is 5.04. The van der Waals surface area contributed by atoms with E-state index in [1.165, 1.54) is 0 Å². The molecule has 0 saturated carbocycles. The van der Waals surface area contributed by atoms with E-state index in [1.807, 2.05) is 56.3 Å². The second-order valence-corrected chi connectivity index (χ2v) is 7.29. The Balaban J connectivity index is 2.24. The van der Waals surface area contributed by atoms with Crippen LogP contribution >= 0.6 is 19.2 Å². The number of nitrogens with one attached hydrogen (secondary N) is 3. The van der Waals surface area contributed by atoms with Crippen molar-refractivity contribution in [3.63, 3.8) is 0 Å². The van der Waals surface area contributed by atoms with Gasteiger partial charge in [0, 0.05) is 24.3 Å². The summed E-state index contributed by atoms with van der Waals surface area (Å²) in [6, 6.07) is 15.6. The quantitative estimate of drug-likeness (QED) is 0.638. The zero-order valence-corrected chi connectivity index (χ0v) is 14.4. The van der Waals surface area contributed by atoms with Gasteiger partial charge in [0.25, 0.3) is 0 Å². The lowest BCUT2D eigenvalue weighted by Gasteiger charge is -2.21. The molecule has 0 aromatic heterocycles. The van der Waals surface area contributed by atoms with Crippen molar-refractivity contribution in [2.45, 2.75) is 13.8 Å². The standard InChI is InChI=1S/C16H21ClN3OP/c1-3-18-22(21,19-4-2)20-14-10-11-15(16(17)12-14)13-8-6-5-7-9-13/h5-12H,3-4H2,1-2H3,(H3,18,19,20,21). The first-order chi connectivity index (χ1) is 10.6. The lowest BCUT2D eigenvalue weighted by Crippen LogP contribution is -2.27. The summed E-state index contributed by atoms with van der Waals surface area (Å²) in [4.78, 5) is 0. The molecule has 6 heteroatoms. The van der Waals surface area contributed by atoms with Crippen molar-refractivity contribution in [2.75, 3.05) is 18.2 Å². The minimum absolute atomic E-state index is 0.604. The third-order valence-electron chi connectivity index (χ3n) is 3.10. The summed E-state index contributed by atoms with van der Waals surface area (Å²) in [7, 11) is -2.86. The van der Waals surface area contributed by atoms with E-state index in [9.17, 15) is 4.57 Å². The first-order valence-electron chi connectivity index (χ1n) is 7.31. The van der Waals surface area contributed by atoms with Gasteiger partial charge in [-0.2, -0.15) is 0 Å². The van der Waals surface area contributed by atoms with Crippen LogP contribution in [-0.2, 0) is 4.57 Å². The Kier molecular flexibility index (Phi) is 6.04. The van der Waals surface area contributed by atoms with Crippen molar-refractivity contribution in [1.82, 2.24) is 10.2 Å². The average Bonchev–Trinajstić information content (AvgIpc) is 2.48. The molecule has 0 bridgehead atoms. The number of anilines is 1. The monoisotopic (exact) mass is 337 g/mol. The van der Waals surface area contributed by atoms with Gasteiger partial charge in [-0.15, -0.1) is 0 Å². The van der Waals surface area contributed by atoms with Gasteiger partial charge in [0.1, 0.15) is 0 Å². The normalized spacial score (nSPS) is 11.4. The SMILES string of the molecule is CCNP(=O)(NCC)Nc1ccc(-c2ccccc2)c(Cl)c1. The molecule has 0 aliphatic carbocycles. The Labute approximate surface area is 136 Å². The zero-order chi connectivity index (χ0) is 16.0. The number of rotatable bonds is 7. The molecular weight excluding hydrogens is 317 g/mol. The average molecular weight is 338 g/mol. The molecule has 0 aliphatic rings. The Morgan fingerprint density at radius 2 is 1.64 bits per heavy atom. The molecule has 0 spiro atoms. The minimum atomic E-state index is -2.86. The lowest BCUT2D eigenvalue weighted by molar-refractivity contribution is 0.560. The van der Waals surface area contributed by atoms with E-state index >= 15 is 0 Å². The van der Waals surface area contributed by atoms with Crippen LogP contribution in [0, 0.1) is 0 Å². The molecule has 0 atom stereocenters.